The molecule has 0 bridgehead atoms. The molecule has 0 saturated heterocycles. The van der Waals surface area contributed by atoms with Crippen molar-refractivity contribution in [2.75, 3.05) is 0 Å². The van der Waals surface area contributed by atoms with Crippen LogP contribution in [0.15, 0.2) is 0 Å². The number of carbonyl (C=O) groups excluding carboxylic acids is 1. The summed E-state index contributed by atoms with van der Waals surface area (Å²) in [5, 5.41) is 0. The molecule has 1 atom stereocenters. The average Bonchev–Trinajstić information content (AvgIpc) is 1.90. The lowest BCUT2D eigenvalue weighted by Gasteiger charge is -2.08. The SMILES string of the molecule is CC[C@@H](C=O)CCC(C)C. The molecular weight excluding hydrogens is 124 g/mol. The first-order chi connectivity index (χ1) is 4.70. The van der Waals surface area contributed by atoms with E-state index in [1.54, 1.807) is 0 Å². The topological polar surface area (TPSA) is 17.1 Å². The van der Waals surface area contributed by atoms with Gasteiger partial charge >= 0.3 is 0 Å². The summed E-state index contributed by atoms with van der Waals surface area (Å²) in [6, 6.07) is 0. The second kappa shape index (κ2) is 5.45. The van der Waals surface area contributed by atoms with Crippen LogP contribution in [0.4, 0.5) is 0 Å². The molecule has 10 heavy (non-hydrogen) atoms. The summed E-state index contributed by atoms with van der Waals surface area (Å²) in [4.78, 5) is 10.3. The summed E-state index contributed by atoms with van der Waals surface area (Å²) >= 11 is 0. The van der Waals surface area contributed by atoms with E-state index in [9.17, 15) is 4.79 Å². The molecular formula is C9H18O. The number of aldehydes is 1. The second-order valence-corrected chi connectivity index (χ2v) is 3.28. The highest BCUT2D eigenvalue weighted by Gasteiger charge is 2.04. The summed E-state index contributed by atoms with van der Waals surface area (Å²) in [6.07, 6.45) is 4.33. The van der Waals surface area contributed by atoms with Crippen molar-refractivity contribution in [2.24, 2.45) is 11.8 Å². The minimum absolute atomic E-state index is 0.308. The molecule has 0 heterocycles. The molecule has 0 aromatic heterocycles. The summed E-state index contributed by atoms with van der Waals surface area (Å²) in [5.41, 5.74) is 0. The van der Waals surface area contributed by atoms with E-state index < -0.39 is 0 Å². The van der Waals surface area contributed by atoms with Gasteiger partial charge in [0.2, 0.25) is 0 Å². The van der Waals surface area contributed by atoms with Crippen LogP contribution in [0.3, 0.4) is 0 Å². The largest absolute Gasteiger partial charge is 0.303 e. The van der Waals surface area contributed by atoms with Gasteiger partial charge in [0.25, 0.3) is 0 Å². The Kier molecular flexibility index (Phi) is 5.27. The van der Waals surface area contributed by atoms with Gasteiger partial charge in [-0.15, -0.1) is 0 Å². The van der Waals surface area contributed by atoms with Gasteiger partial charge in [-0.25, -0.2) is 0 Å². The van der Waals surface area contributed by atoms with Crippen molar-refractivity contribution in [3.05, 3.63) is 0 Å². The molecule has 0 aromatic rings. The van der Waals surface area contributed by atoms with E-state index in [0.717, 1.165) is 25.0 Å². The fourth-order valence-corrected chi connectivity index (χ4v) is 0.916. The van der Waals surface area contributed by atoms with Gasteiger partial charge in [-0.1, -0.05) is 27.2 Å². The molecule has 0 aliphatic rings. The van der Waals surface area contributed by atoms with Gasteiger partial charge in [0.1, 0.15) is 6.29 Å². The maximum atomic E-state index is 10.3. The Balaban J connectivity index is 3.34. The number of hydrogen-bond acceptors (Lipinski definition) is 1. The summed E-state index contributed by atoms with van der Waals surface area (Å²) in [7, 11) is 0. The fourth-order valence-electron chi connectivity index (χ4n) is 0.916. The van der Waals surface area contributed by atoms with E-state index in [1.807, 2.05) is 0 Å². The molecule has 0 aliphatic carbocycles. The number of hydrogen-bond donors (Lipinski definition) is 0. The van der Waals surface area contributed by atoms with E-state index in [2.05, 4.69) is 20.8 Å². The number of carbonyl (C=O) groups is 1. The second-order valence-electron chi connectivity index (χ2n) is 3.28. The Labute approximate surface area is 63.8 Å². The minimum Gasteiger partial charge on any atom is -0.303 e. The van der Waals surface area contributed by atoms with Crippen LogP contribution < -0.4 is 0 Å². The Morgan fingerprint density at radius 1 is 1.30 bits per heavy atom. The minimum atomic E-state index is 0.308. The van der Waals surface area contributed by atoms with Crippen molar-refractivity contribution in [2.45, 2.75) is 40.0 Å². The standard InChI is InChI=1S/C9H18O/c1-4-9(7-10)6-5-8(2)3/h7-9H,4-6H2,1-3H3/t9-/m1/s1. The van der Waals surface area contributed by atoms with Gasteiger partial charge < -0.3 is 4.79 Å². The van der Waals surface area contributed by atoms with Gasteiger partial charge in [-0.2, -0.15) is 0 Å². The molecule has 0 rings (SSSR count). The van der Waals surface area contributed by atoms with Crippen LogP contribution in [0.1, 0.15) is 40.0 Å². The quantitative estimate of drug-likeness (QED) is 0.539. The Morgan fingerprint density at radius 3 is 2.20 bits per heavy atom. The van der Waals surface area contributed by atoms with E-state index in [1.165, 1.54) is 6.42 Å². The van der Waals surface area contributed by atoms with E-state index >= 15 is 0 Å². The summed E-state index contributed by atoms with van der Waals surface area (Å²) in [5.74, 6) is 1.04. The van der Waals surface area contributed by atoms with Crippen LogP contribution in [0.25, 0.3) is 0 Å². The lowest BCUT2D eigenvalue weighted by molar-refractivity contribution is -0.111. The summed E-state index contributed by atoms with van der Waals surface area (Å²) < 4.78 is 0. The van der Waals surface area contributed by atoms with Crippen LogP contribution in [0.2, 0.25) is 0 Å². The predicted molar refractivity (Wildman–Crippen MR) is 43.9 cm³/mol. The first kappa shape index (κ1) is 9.67. The van der Waals surface area contributed by atoms with Gasteiger partial charge in [0.05, 0.1) is 0 Å². The molecule has 0 radical (unpaired) electrons. The monoisotopic (exact) mass is 142 g/mol. The molecule has 0 N–H and O–H groups in total. The Morgan fingerprint density at radius 2 is 1.90 bits per heavy atom. The molecule has 0 unspecified atom stereocenters. The van der Waals surface area contributed by atoms with Crippen molar-refractivity contribution < 1.29 is 4.79 Å². The van der Waals surface area contributed by atoms with Crippen LogP contribution in [0.5, 0.6) is 0 Å². The number of rotatable bonds is 5. The van der Waals surface area contributed by atoms with Crippen molar-refractivity contribution in [1.29, 1.82) is 0 Å². The van der Waals surface area contributed by atoms with Crippen molar-refractivity contribution in [1.82, 2.24) is 0 Å². The molecule has 0 fully saturated rings. The van der Waals surface area contributed by atoms with Gasteiger partial charge in [0, 0.05) is 5.92 Å². The van der Waals surface area contributed by atoms with Crippen LogP contribution in [0, 0.1) is 11.8 Å². The van der Waals surface area contributed by atoms with E-state index in [0.29, 0.717) is 5.92 Å². The first-order valence-corrected chi connectivity index (χ1v) is 4.16. The molecule has 0 amide bonds. The van der Waals surface area contributed by atoms with Crippen LogP contribution >= 0.6 is 0 Å². The third-order valence-corrected chi connectivity index (χ3v) is 1.83. The van der Waals surface area contributed by atoms with Crippen molar-refractivity contribution in [3.8, 4) is 0 Å². The zero-order chi connectivity index (χ0) is 7.98. The Bertz CT molecular complexity index is 86.7. The highest BCUT2D eigenvalue weighted by atomic mass is 16.1. The average molecular weight is 142 g/mol. The zero-order valence-corrected chi connectivity index (χ0v) is 7.26. The highest BCUT2D eigenvalue weighted by molar-refractivity contribution is 5.53. The molecule has 0 aromatic carbocycles. The normalized spacial score (nSPS) is 13.6. The molecule has 60 valence electrons. The molecule has 0 spiro atoms. The first-order valence-electron chi connectivity index (χ1n) is 4.16. The Hall–Kier alpha value is -0.330. The van der Waals surface area contributed by atoms with Crippen LogP contribution in [-0.2, 0) is 4.79 Å². The molecule has 0 saturated carbocycles. The molecule has 1 nitrogen and oxygen atoms in total. The van der Waals surface area contributed by atoms with Crippen molar-refractivity contribution >= 4 is 6.29 Å². The highest BCUT2D eigenvalue weighted by Crippen LogP contribution is 2.12. The third kappa shape index (κ3) is 4.54. The molecule has 1 heteroatoms. The van der Waals surface area contributed by atoms with Gasteiger partial charge in [0.15, 0.2) is 0 Å². The maximum absolute atomic E-state index is 10.3. The van der Waals surface area contributed by atoms with Gasteiger partial charge in [-0.3, -0.25) is 0 Å². The third-order valence-electron chi connectivity index (χ3n) is 1.83. The fraction of sp³-hybridized carbons (Fsp3) is 0.889. The van der Waals surface area contributed by atoms with E-state index in [4.69, 9.17) is 0 Å². The summed E-state index contributed by atoms with van der Waals surface area (Å²) in [6.45, 7) is 6.45. The van der Waals surface area contributed by atoms with E-state index in [-0.39, 0.29) is 0 Å². The lowest BCUT2D eigenvalue weighted by atomic mass is 9.97. The van der Waals surface area contributed by atoms with Gasteiger partial charge in [-0.05, 0) is 18.8 Å². The smallest absolute Gasteiger partial charge is 0.123 e. The zero-order valence-electron chi connectivity index (χ0n) is 7.26. The maximum Gasteiger partial charge on any atom is 0.123 e. The predicted octanol–water partition coefficient (Wildman–Crippen LogP) is 2.65. The van der Waals surface area contributed by atoms with Crippen molar-refractivity contribution in [3.63, 3.8) is 0 Å². The lowest BCUT2D eigenvalue weighted by Crippen LogP contribution is -2.01. The molecule has 0 aliphatic heterocycles. The van der Waals surface area contributed by atoms with Crippen LogP contribution in [-0.4, -0.2) is 6.29 Å².